The average molecular weight is 510 g/mol. The minimum absolute atomic E-state index is 0.216. The molecule has 0 spiro atoms. The quantitative estimate of drug-likeness (QED) is 0.281. The molecule has 0 unspecified atom stereocenters. The van der Waals surface area contributed by atoms with Gasteiger partial charge in [0.05, 0.1) is 41.2 Å². The minimum Gasteiger partial charge on any atom is -0.484 e. The number of carbonyl (C=O) groups is 1. The van der Waals surface area contributed by atoms with Gasteiger partial charge in [0.15, 0.2) is 11.6 Å². The number of hydrogen-bond acceptors (Lipinski definition) is 8. The van der Waals surface area contributed by atoms with Crippen LogP contribution in [-0.2, 0) is 16.0 Å². The molecule has 3 heterocycles. The highest BCUT2D eigenvalue weighted by atomic mass is 32.1. The Balaban J connectivity index is 1.48. The fourth-order valence-corrected chi connectivity index (χ4v) is 5.57. The average Bonchev–Trinajstić information content (AvgIpc) is 3.42. The number of rotatable bonds is 7. The Labute approximate surface area is 212 Å². The highest BCUT2D eigenvalue weighted by Crippen LogP contribution is 2.46. The van der Waals surface area contributed by atoms with Crippen molar-refractivity contribution in [2.45, 2.75) is 52.6 Å². The normalized spacial score (nSPS) is 17.0. The van der Waals surface area contributed by atoms with Crippen LogP contribution in [0.5, 0.6) is 11.6 Å². The van der Waals surface area contributed by atoms with Crippen molar-refractivity contribution in [2.75, 3.05) is 13.7 Å². The van der Waals surface area contributed by atoms with Crippen molar-refractivity contribution < 1.29 is 23.4 Å². The van der Waals surface area contributed by atoms with Crippen molar-refractivity contribution in [3.63, 3.8) is 0 Å². The molecule has 2 aromatic carbocycles. The van der Waals surface area contributed by atoms with Gasteiger partial charge in [-0.3, -0.25) is 4.79 Å². The molecule has 4 aromatic rings. The number of carbonyl (C=O) groups excluding carboxylic acids is 1. The molecule has 0 amide bonds. The fourth-order valence-electron chi connectivity index (χ4n) is 4.47. The summed E-state index contributed by atoms with van der Waals surface area (Å²) in [6.45, 7) is 8.27. The van der Waals surface area contributed by atoms with E-state index in [1.54, 1.807) is 13.3 Å². The van der Waals surface area contributed by atoms with Gasteiger partial charge in [-0.05, 0) is 43.9 Å². The van der Waals surface area contributed by atoms with E-state index in [-0.39, 0.29) is 24.1 Å². The lowest BCUT2D eigenvalue weighted by Gasteiger charge is -2.23. The van der Waals surface area contributed by atoms with Crippen LogP contribution in [0.25, 0.3) is 31.8 Å². The molecule has 0 N–H and O–H groups in total. The maximum Gasteiger partial charge on any atom is 0.305 e. The third-order valence-corrected chi connectivity index (χ3v) is 7.39. The molecule has 1 atom stereocenters. The number of benzene rings is 2. The van der Waals surface area contributed by atoms with Gasteiger partial charge in [0, 0.05) is 30.0 Å². The summed E-state index contributed by atoms with van der Waals surface area (Å²) in [7, 11) is 1.56. The molecule has 36 heavy (non-hydrogen) atoms. The number of fused-ring (bicyclic) bond motifs is 4. The van der Waals surface area contributed by atoms with E-state index in [1.807, 2.05) is 39.8 Å². The molecule has 1 aliphatic rings. The summed E-state index contributed by atoms with van der Waals surface area (Å²) in [5, 5.41) is 0.733. The molecule has 0 bridgehead atoms. The first-order chi connectivity index (χ1) is 17.2. The van der Waals surface area contributed by atoms with E-state index in [2.05, 4.69) is 9.97 Å². The number of thiazole rings is 1. The molecule has 0 saturated heterocycles. The molecule has 0 radical (unpaired) electrons. The van der Waals surface area contributed by atoms with Crippen LogP contribution in [-0.4, -0.2) is 40.2 Å². The van der Waals surface area contributed by atoms with E-state index in [9.17, 15) is 4.79 Å². The van der Waals surface area contributed by atoms with Crippen LogP contribution in [0, 0.1) is 18.7 Å². The molecule has 7 nitrogen and oxygen atoms in total. The summed E-state index contributed by atoms with van der Waals surface area (Å²) in [5.41, 5.74) is 3.93. The van der Waals surface area contributed by atoms with Crippen molar-refractivity contribution in [3.8, 4) is 22.2 Å². The SMILES string of the molecule is COc1cnc2c(-c3nc4cc(F)c5c(c4s3)C[C@@](C)(CCC(=O)OCC(C)C)O5)cc(C)cc2n1. The van der Waals surface area contributed by atoms with Gasteiger partial charge in [-0.25, -0.2) is 19.3 Å². The van der Waals surface area contributed by atoms with Crippen LogP contribution >= 0.6 is 11.3 Å². The Morgan fingerprint density at radius 3 is 2.81 bits per heavy atom. The number of methoxy groups -OCH3 is 1. The van der Waals surface area contributed by atoms with Crippen LogP contribution in [0.1, 0.15) is 44.7 Å². The molecule has 1 aliphatic heterocycles. The summed E-state index contributed by atoms with van der Waals surface area (Å²) in [6.07, 6.45) is 2.72. The number of halogens is 1. The van der Waals surface area contributed by atoms with Crippen LogP contribution in [0.4, 0.5) is 4.39 Å². The zero-order chi connectivity index (χ0) is 25.6. The van der Waals surface area contributed by atoms with E-state index >= 15 is 4.39 Å². The predicted molar refractivity (Wildman–Crippen MR) is 137 cm³/mol. The first kappa shape index (κ1) is 24.4. The van der Waals surface area contributed by atoms with Crippen molar-refractivity contribution in [3.05, 3.63) is 41.3 Å². The van der Waals surface area contributed by atoms with E-state index in [0.29, 0.717) is 41.9 Å². The van der Waals surface area contributed by atoms with Crippen LogP contribution in [0.2, 0.25) is 0 Å². The van der Waals surface area contributed by atoms with E-state index in [0.717, 1.165) is 26.4 Å². The van der Waals surface area contributed by atoms with E-state index in [1.165, 1.54) is 17.4 Å². The molecule has 0 fully saturated rings. The highest BCUT2D eigenvalue weighted by Gasteiger charge is 2.39. The molecule has 5 rings (SSSR count). The molecule has 188 valence electrons. The van der Waals surface area contributed by atoms with E-state index < -0.39 is 11.4 Å². The van der Waals surface area contributed by atoms with Gasteiger partial charge in [-0.1, -0.05) is 13.8 Å². The molecule has 0 saturated carbocycles. The smallest absolute Gasteiger partial charge is 0.305 e. The summed E-state index contributed by atoms with van der Waals surface area (Å²) in [6, 6.07) is 5.38. The number of hydrogen-bond donors (Lipinski definition) is 0. The predicted octanol–water partition coefficient (Wildman–Crippen LogP) is 6.04. The van der Waals surface area contributed by atoms with Crippen molar-refractivity contribution >= 4 is 38.6 Å². The largest absolute Gasteiger partial charge is 0.484 e. The zero-order valence-electron chi connectivity index (χ0n) is 21.0. The van der Waals surface area contributed by atoms with Gasteiger partial charge >= 0.3 is 5.97 Å². The Morgan fingerprint density at radius 2 is 2.06 bits per heavy atom. The fraction of sp³-hybridized carbons (Fsp3) is 0.407. The number of ether oxygens (including phenoxy) is 3. The van der Waals surface area contributed by atoms with Gasteiger partial charge in [-0.15, -0.1) is 11.3 Å². The van der Waals surface area contributed by atoms with Crippen molar-refractivity contribution in [2.24, 2.45) is 5.92 Å². The lowest BCUT2D eigenvalue weighted by molar-refractivity contribution is -0.145. The number of aromatic nitrogens is 3. The lowest BCUT2D eigenvalue weighted by Crippen LogP contribution is -2.31. The van der Waals surface area contributed by atoms with Crippen molar-refractivity contribution in [1.29, 1.82) is 0 Å². The number of aryl methyl sites for hydroxylation is 1. The summed E-state index contributed by atoms with van der Waals surface area (Å²) < 4.78 is 32.6. The van der Waals surface area contributed by atoms with Crippen LogP contribution < -0.4 is 9.47 Å². The second-order valence-corrected chi connectivity index (χ2v) is 10.9. The van der Waals surface area contributed by atoms with Crippen LogP contribution in [0.15, 0.2) is 24.4 Å². The molecule has 2 aromatic heterocycles. The summed E-state index contributed by atoms with van der Waals surface area (Å²) >= 11 is 1.49. The first-order valence-electron chi connectivity index (χ1n) is 11.9. The number of nitrogens with zero attached hydrogens (tertiary/aromatic N) is 3. The summed E-state index contributed by atoms with van der Waals surface area (Å²) in [4.78, 5) is 26.0. The van der Waals surface area contributed by atoms with Gasteiger partial charge in [0.25, 0.3) is 0 Å². The Morgan fingerprint density at radius 1 is 1.25 bits per heavy atom. The summed E-state index contributed by atoms with van der Waals surface area (Å²) in [5.74, 6) is 0.249. The topological polar surface area (TPSA) is 83.4 Å². The molecular weight excluding hydrogens is 481 g/mol. The maximum atomic E-state index is 15.1. The monoisotopic (exact) mass is 509 g/mol. The molecular formula is C27H28FN3O4S. The van der Waals surface area contributed by atoms with E-state index in [4.69, 9.17) is 19.2 Å². The second kappa shape index (κ2) is 9.28. The third kappa shape index (κ3) is 4.59. The van der Waals surface area contributed by atoms with Gasteiger partial charge < -0.3 is 14.2 Å². The minimum atomic E-state index is -0.698. The zero-order valence-corrected chi connectivity index (χ0v) is 21.8. The van der Waals surface area contributed by atoms with Crippen molar-refractivity contribution in [1.82, 2.24) is 15.0 Å². The Kier molecular flexibility index (Phi) is 6.28. The maximum absolute atomic E-state index is 15.1. The number of esters is 1. The van der Waals surface area contributed by atoms with Crippen LogP contribution in [0.3, 0.4) is 0 Å². The lowest BCUT2D eigenvalue weighted by atomic mass is 9.94. The van der Waals surface area contributed by atoms with Gasteiger partial charge in [0.2, 0.25) is 5.88 Å². The third-order valence-electron chi connectivity index (χ3n) is 6.23. The van der Waals surface area contributed by atoms with Gasteiger partial charge in [0.1, 0.15) is 10.6 Å². The molecule has 9 heteroatoms. The highest BCUT2D eigenvalue weighted by molar-refractivity contribution is 7.22. The Bertz CT molecular complexity index is 1490. The van der Waals surface area contributed by atoms with Gasteiger partial charge in [-0.2, -0.15) is 0 Å². The standard InChI is InChI=1S/C27H28FN3O4S/c1-14(2)13-34-22(32)6-7-27(4)11-17-24(35-27)18(28)10-20-25(17)36-26(31-20)16-8-15(3)9-19-23(16)29-12-21(30-19)33-5/h8-10,12,14H,6-7,11,13H2,1-5H3/t27-/m1/s1. The molecule has 0 aliphatic carbocycles. The Hall–Kier alpha value is -3.33. The first-order valence-corrected chi connectivity index (χ1v) is 12.8. The second-order valence-electron chi connectivity index (χ2n) is 9.93.